The summed E-state index contributed by atoms with van der Waals surface area (Å²) in [6.07, 6.45) is 3.69. The van der Waals surface area contributed by atoms with Crippen molar-refractivity contribution in [3.05, 3.63) is 0 Å². The second-order valence-corrected chi connectivity index (χ2v) is 6.68. The predicted octanol–water partition coefficient (Wildman–Crippen LogP) is 0.258. The Labute approximate surface area is 137 Å². The average molecular weight is 332 g/mol. The molecule has 0 radical (unpaired) electrons. The summed E-state index contributed by atoms with van der Waals surface area (Å²) in [4.78, 5) is 27.6. The van der Waals surface area contributed by atoms with E-state index in [1.54, 1.807) is 4.90 Å². The fourth-order valence-electron chi connectivity index (χ4n) is 3.66. The first-order valence-electron chi connectivity index (χ1n) is 7.94. The average Bonchev–Trinajstić information content (AvgIpc) is 2.89. The van der Waals surface area contributed by atoms with Gasteiger partial charge in [0.05, 0.1) is 13.1 Å². The highest BCUT2D eigenvalue weighted by Crippen LogP contribution is 2.30. The second-order valence-electron chi connectivity index (χ2n) is 6.68. The minimum absolute atomic E-state index is 0. The van der Waals surface area contributed by atoms with Gasteiger partial charge in [-0.3, -0.25) is 9.59 Å². The van der Waals surface area contributed by atoms with Crippen molar-refractivity contribution in [2.24, 2.45) is 5.92 Å². The summed E-state index contributed by atoms with van der Waals surface area (Å²) >= 11 is 0. The number of carbonyl (C=O) groups is 2. The zero-order valence-electron chi connectivity index (χ0n) is 13.2. The number of amides is 2. The number of likely N-dealkylation sites (N-methyl/N-ethyl adjacent to an activating group) is 1. The van der Waals surface area contributed by atoms with Crippen LogP contribution in [0.1, 0.15) is 25.7 Å². The van der Waals surface area contributed by atoms with Gasteiger partial charge in [-0.2, -0.15) is 0 Å². The van der Waals surface area contributed by atoms with Crippen LogP contribution >= 0.6 is 12.4 Å². The number of piperidine rings is 1. The van der Waals surface area contributed by atoms with Crippen molar-refractivity contribution in [3.8, 4) is 0 Å². The van der Waals surface area contributed by atoms with Gasteiger partial charge in [0.2, 0.25) is 11.8 Å². The molecule has 6 nitrogen and oxygen atoms in total. The third-order valence-electron chi connectivity index (χ3n) is 5.04. The Balaban J connectivity index is 0.00000176. The van der Waals surface area contributed by atoms with Gasteiger partial charge in [-0.1, -0.05) is 0 Å². The summed E-state index contributed by atoms with van der Waals surface area (Å²) in [6, 6.07) is 0. The smallest absolute Gasteiger partial charge is 0.248 e. The van der Waals surface area contributed by atoms with Gasteiger partial charge < -0.3 is 19.9 Å². The molecule has 3 aliphatic heterocycles. The molecule has 3 aliphatic rings. The van der Waals surface area contributed by atoms with E-state index < -0.39 is 0 Å². The Hall–Kier alpha value is -0.850. The summed E-state index contributed by atoms with van der Waals surface area (Å²) in [5.41, 5.74) is -0.327. The Morgan fingerprint density at radius 2 is 2.09 bits per heavy atom. The van der Waals surface area contributed by atoms with Gasteiger partial charge in [-0.15, -0.1) is 12.4 Å². The maximum absolute atomic E-state index is 12.5. The summed E-state index contributed by atoms with van der Waals surface area (Å²) in [7, 11) is 1.81. The van der Waals surface area contributed by atoms with Crippen molar-refractivity contribution in [3.63, 3.8) is 0 Å². The standard InChI is InChI=1S/C15H25N3O3.ClH/c1-17-10-15(21-9-14(17)20)4-7-18(11-15)13(19)8-12-2-5-16-6-3-12;/h12,16H,2-11H2,1H3;1H. The van der Waals surface area contributed by atoms with Crippen LogP contribution in [0.2, 0.25) is 0 Å². The SMILES string of the molecule is CN1CC2(CCN(C(=O)CC3CCNCC3)C2)OCC1=O.Cl. The topological polar surface area (TPSA) is 61.9 Å². The number of hydrogen-bond donors (Lipinski definition) is 1. The third kappa shape index (κ3) is 3.73. The zero-order valence-corrected chi connectivity index (χ0v) is 14.0. The van der Waals surface area contributed by atoms with Crippen LogP contribution in [-0.2, 0) is 14.3 Å². The monoisotopic (exact) mass is 331 g/mol. The molecule has 126 valence electrons. The second kappa shape index (κ2) is 7.15. The van der Waals surface area contributed by atoms with Crippen LogP contribution in [0.4, 0.5) is 0 Å². The van der Waals surface area contributed by atoms with Gasteiger partial charge in [0.15, 0.2) is 0 Å². The van der Waals surface area contributed by atoms with Crippen molar-refractivity contribution in [1.29, 1.82) is 0 Å². The van der Waals surface area contributed by atoms with Crippen molar-refractivity contribution >= 4 is 24.2 Å². The maximum Gasteiger partial charge on any atom is 0.248 e. The lowest BCUT2D eigenvalue weighted by Gasteiger charge is -2.38. The molecule has 1 atom stereocenters. The predicted molar refractivity (Wildman–Crippen MR) is 85.0 cm³/mol. The van der Waals surface area contributed by atoms with E-state index in [0.717, 1.165) is 38.9 Å². The van der Waals surface area contributed by atoms with Crippen molar-refractivity contribution in [1.82, 2.24) is 15.1 Å². The fourth-order valence-corrected chi connectivity index (χ4v) is 3.66. The Bertz CT molecular complexity index is 428. The molecular formula is C15H26ClN3O3. The van der Waals surface area contributed by atoms with Crippen LogP contribution in [0.3, 0.4) is 0 Å². The van der Waals surface area contributed by atoms with Gasteiger partial charge in [0.25, 0.3) is 0 Å². The number of nitrogens with zero attached hydrogens (tertiary/aromatic N) is 2. The van der Waals surface area contributed by atoms with E-state index in [1.165, 1.54) is 0 Å². The van der Waals surface area contributed by atoms with E-state index in [1.807, 2.05) is 11.9 Å². The molecular weight excluding hydrogens is 306 g/mol. The van der Waals surface area contributed by atoms with E-state index in [9.17, 15) is 9.59 Å². The highest BCUT2D eigenvalue weighted by molar-refractivity contribution is 5.85. The van der Waals surface area contributed by atoms with Crippen LogP contribution in [-0.4, -0.2) is 73.6 Å². The normalized spacial score (nSPS) is 29.8. The van der Waals surface area contributed by atoms with Crippen LogP contribution < -0.4 is 5.32 Å². The van der Waals surface area contributed by atoms with Gasteiger partial charge in [-0.05, 0) is 38.3 Å². The molecule has 0 saturated carbocycles. The molecule has 0 aromatic rings. The number of nitrogens with one attached hydrogen (secondary N) is 1. The molecule has 0 aromatic carbocycles. The lowest BCUT2D eigenvalue weighted by molar-refractivity contribution is -0.159. The number of hydrogen-bond acceptors (Lipinski definition) is 4. The third-order valence-corrected chi connectivity index (χ3v) is 5.04. The van der Waals surface area contributed by atoms with Crippen molar-refractivity contribution in [2.75, 3.05) is 46.4 Å². The Kier molecular flexibility index (Phi) is 5.69. The number of likely N-dealkylation sites (tertiary alicyclic amines) is 1. The van der Waals surface area contributed by atoms with E-state index in [-0.39, 0.29) is 36.4 Å². The Morgan fingerprint density at radius 3 is 2.77 bits per heavy atom. The van der Waals surface area contributed by atoms with Gasteiger partial charge >= 0.3 is 0 Å². The minimum atomic E-state index is -0.327. The van der Waals surface area contributed by atoms with Gasteiger partial charge in [-0.25, -0.2) is 0 Å². The first-order chi connectivity index (χ1) is 10.1. The first-order valence-corrected chi connectivity index (χ1v) is 7.94. The molecule has 3 saturated heterocycles. The van der Waals surface area contributed by atoms with Crippen LogP contribution in [0.15, 0.2) is 0 Å². The highest BCUT2D eigenvalue weighted by Gasteiger charge is 2.45. The highest BCUT2D eigenvalue weighted by atomic mass is 35.5. The molecule has 1 spiro atoms. The molecule has 3 heterocycles. The van der Waals surface area contributed by atoms with Crippen molar-refractivity contribution in [2.45, 2.75) is 31.3 Å². The van der Waals surface area contributed by atoms with Crippen LogP contribution in [0.25, 0.3) is 0 Å². The summed E-state index contributed by atoms with van der Waals surface area (Å²) in [5, 5.41) is 3.33. The Morgan fingerprint density at radius 1 is 1.36 bits per heavy atom. The fraction of sp³-hybridized carbons (Fsp3) is 0.867. The molecule has 22 heavy (non-hydrogen) atoms. The van der Waals surface area contributed by atoms with E-state index >= 15 is 0 Å². The van der Waals surface area contributed by atoms with E-state index in [0.29, 0.717) is 25.4 Å². The number of morpholine rings is 1. The number of halogens is 1. The lowest BCUT2D eigenvalue weighted by atomic mass is 9.94. The van der Waals surface area contributed by atoms with Crippen LogP contribution in [0.5, 0.6) is 0 Å². The summed E-state index contributed by atoms with van der Waals surface area (Å²) in [5.74, 6) is 0.800. The molecule has 3 fully saturated rings. The quantitative estimate of drug-likeness (QED) is 0.788. The molecule has 0 aliphatic carbocycles. The molecule has 0 bridgehead atoms. The molecule has 2 amide bonds. The van der Waals surface area contributed by atoms with Gasteiger partial charge in [0.1, 0.15) is 12.2 Å². The zero-order chi connectivity index (χ0) is 14.9. The van der Waals surface area contributed by atoms with Crippen molar-refractivity contribution < 1.29 is 14.3 Å². The van der Waals surface area contributed by atoms with Gasteiger partial charge in [0, 0.05) is 20.0 Å². The first kappa shape index (κ1) is 17.5. The van der Waals surface area contributed by atoms with Crippen LogP contribution in [0, 0.1) is 5.92 Å². The maximum atomic E-state index is 12.5. The molecule has 7 heteroatoms. The lowest BCUT2D eigenvalue weighted by Crippen LogP contribution is -2.54. The minimum Gasteiger partial charge on any atom is -0.361 e. The molecule has 3 rings (SSSR count). The number of ether oxygens (including phenoxy) is 1. The number of rotatable bonds is 2. The number of carbonyl (C=O) groups excluding carboxylic acids is 2. The summed E-state index contributed by atoms with van der Waals surface area (Å²) in [6.45, 7) is 4.19. The summed E-state index contributed by atoms with van der Waals surface area (Å²) < 4.78 is 5.78. The largest absolute Gasteiger partial charge is 0.361 e. The molecule has 1 unspecified atom stereocenters. The van der Waals surface area contributed by atoms with E-state index in [4.69, 9.17) is 4.74 Å². The molecule has 1 N–H and O–H groups in total. The van der Waals surface area contributed by atoms with E-state index in [2.05, 4.69) is 5.32 Å². The molecule has 0 aromatic heterocycles.